The van der Waals surface area contributed by atoms with Gasteiger partial charge in [-0.25, -0.2) is 32.2 Å². The molecule has 15 heteroatoms. The van der Waals surface area contributed by atoms with E-state index in [4.69, 9.17) is 0 Å². The van der Waals surface area contributed by atoms with Gasteiger partial charge in [-0.05, 0) is 89.9 Å². The lowest BCUT2D eigenvalue weighted by atomic mass is 9.94. The largest absolute Gasteiger partial charge is 0.330 e. The summed E-state index contributed by atoms with van der Waals surface area (Å²) in [5, 5.41) is 6.25. The van der Waals surface area contributed by atoms with Gasteiger partial charge in [0.15, 0.2) is 9.34 Å². The minimum atomic E-state index is -3.78. The molecule has 0 radical (unpaired) electrons. The van der Waals surface area contributed by atoms with Crippen LogP contribution in [0.25, 0.3) is 22.5 Å². The van der Waals surface area contributed by atoms with Crippen molar-refractivity contribution in [1.29, 1.82) is 0 Å². The highest BCUT2D eigenvalue weighted by Gasteiger charge is 2.32. The van der Waals surface area contributed by atoms with Gasteiger partial charge >= 0.3 is 0 Å². The van der Waals surface area contributed by atoms with Crippen LogP contribution in [0.1, 0.15) is 40.3 Å². The fraction of sp³-hybridized carbons (Fsp3) is 0.244. The summed E-state index contributed by atoms with van der Waals surface area (Å²) in [6, 6.07) is 25.7. The molecule has 2 N–H and O–H groups in total. The second-order valence-electron chi connectivity index (χ2n) is 14.8. The van der Waals surface area contributed by atoms with Gasteiger partial charge in [-0.2, -0.15) is 4.31 Å². The Morgan fingerprint density at radius 1 is 0.767 bits per heavy atom. The number of nitrogens with one attached hydrogen (secondary N) is 2. The van der Waals surface area contributed by atoms with Crippen molar-refractivity contribution in [3.8, 4) is 22.5 Å². The third kappa shape index (κ3) is 9.29. The summed E-state index contributed by atoms with van der Waals surface area (Å²) in [5.74, 6) is -0.756. The first-order chi connectivity index (χ1) is 29.1. The molecule has 2 aliphatic rings. The number of aromatic nitrogens is 5. The highest BCUT2D eigenvalue weighted by Crippen LogP contribution is 2.35. The topological polar surface area (TPSA) is 127 Å². The zero-order valence-electron chi connectivity index (χ0n) is 33.0. The number of halogens is 2. The molecule has 9 rings (SSSR count). The number of hydrogen-bond acceptors (Lipinski definition) is 8. The number of aryl methyl sites for hydroxylation is 4. The molecule has 5 heterocycles. The lowest BCUT2D eigenvalue weighted by molar-refractivity contribution is -0.114. The van der Waals surface area contributed by atoms with Crippen molar-refractivity contribution in [3.63, 3.8) is 0 Å². The van der Waals surface area contributed by atoms with E-state index >= 15 is 0 Å². The Bertz CT molecular complexity index is 2710. The Labute approximate surface area is 351 Å². The Morgan fingerprint density at radius 2 is 1.33 bits per heavy atom. The zero-order chi connectivity index (χ0) is 41.6. The standard InChI is InChI=1S/C25H24FN5O3S2.C20H20FN3/c1-17(32)29-25-28-14-24(35-25)36(33,34)31-12-10-19-3-2-4-21(22(19)15-31)23-13-27-16-30(23)11-9-18-5-7-20(26)8-6-18;21-17-6-4-15(5-7-17)9-11-24-14-23-13-20(24)18-3-1-2-16-8-10-22-12-19(16)18/h2-8,13-14,16H,9-12,15H2,1H3,(H,28,29,32);1-7,13-14,22H,8-12H2. The summed E-state index contributed by atoms with van der Waals surface area (Å²) in [6.07, 6.45) is 11.9. The van der Waals surface area contributed by atoms with E-state index in [2.05, 4.69) is 48.4 Å². The molecule has 0 aliphatic carbocycles. The third-order valence-electron chi connectivity index (χ3n) is 10.8. The van der Waals surface area contributed by atoms with Crippen molar-refractivity contribution in [2.75, 3.05) is 18.4 Å². The average molecular weight is 847 g/mol. The number of carbonyl (C=O) groups is 1. The summed E-state index contributed by atoms with van der Waals surface area (Å²) in [7, 11) is -3.78. The number of imidazole rings is 2. The second kappa shape index (κ2) is 18.2. The van der Waals surface area contributed by atoms with Crippen LogP contribution >= 0.6 is 11.3 Å². The number of anilines is 1. The molecule has 11 nitrogen and oxygen atoms in total. The van der Waals surface area contributed by atoms with E-state index in [9.17, 15) is 22.0 Å². The van der Waals surface area contributed by atoms with E-state index in [0.29, 0.717) is 25.9 Å². The summed E-state index contributed by atoms with van der Waals surface area (Å²) in [5.41, 5.74) is 11.3. The number of nitrogens with zero attached hydrogens (tertiary/aromatic N) is 6. The van der Waals surface area contributed by atoms with Crippen LogP contribution in [-0.2, 0) is 66.7 Å². The number of rotatable bonds is 11. The van der Waals surface area contributed by atoms with Crippen LogP contribution in [0.2, 0.25) is 0 Å². The molecular formula is C45H44F2N8O3S2. The number of thiazole rings is 1. The Morgan fingerprint density at radius 3 is 1.92 bits per heavy atom. The van der Waals surface area contributed by atoms with Crippen molar-refractivity contribution >= 4 is 32.4 Å². The summed E-state index contributed by atoms with van der Waals surface area (Å²) in [6.45, 7) is 5.37. The maximum atomic E-state index is 13.4. The molecule has 0 saturated heterocycles. The monoisotopic (exact) mass is 846 g/mol. The molecule has 0 spiro atoms. The molecule has 0 fully saturated rings. The molecule has 1 amide bonds. The van der Waals surface area contributed by atoms with Crippen molar-refractivity contribution in [2.24, 2.45) is 0 Å². The summed E-state index contributed by atoms with van der Waals surface area (Å²) < 4.78 is 58.8. The molecule has 0 atom stereocenters. The molecule has 0 unspecified atom stereocenters. The molecular weight excluding hydrogens is 803 g/mol. The molecule has 60 heavy (non-hydrogen) atoms. The number of sulfonamides is 1. The normalized spacial score (nSPS) is 13.8. The predicted octanol–water partition coefficient (Wildman–Crippen LogP) is 7.67. The third-order valence-corrected chi connectivity index (χ3v) is 14.0. The van der Waals surface area contributed by atoms with Crippen molar-refractivity contribution in [2.45, 2.75) is 63.0 Å². The van der Waals surface area contributed by atoms with Gasteiger partial charge in [-0.1, -0.05) is 72.0 Å². The van der Waals surface area contributed by atoms with Gasteiger partial charge in [0.05, 0.1) is 42.6 Å². The van der Waals surface area contributed by atoms with Crippen LogP contribution < -0.4 is 10.6 Å². The Hall–Kier alpha value is -5.87. The Balaban J connectivity index is 0.000000180. The smallest absolute Gasteiger partial charge is 0.254 e. The minimum absolute atomic E-state index is 0.0940. The van der Waals surface area contributed by atoms with Gasteiger partial charge < -0.3 is 19.8 Å². The summed E-state index contributed by atoms with van der Waals surface area (Å²) in [4.78, 5) is 24.0. The lowest BCUT2D eigenvalue weighted by Crippen LogP contribution is -2.36. The van der Waals surface area contributed by atoms with E-state index in [0.717, 1.165) is 83.0 Å². The molecule has 2 aliphatic heterocycles. The van der Waals surface area contributed by atoms with E-state index < -0.39 is 10.0 Å². The van der Waals surface area contributed by atoms with Gasteiger partial charge in [0, 0.05) is 50.8 Å². The highest BCUT2D eigenvalue weighted by molar-refractivity contribution is 7.91. The SMILES string of the molecule is CC(=O)Nc1ncc(S(=O)(=O)N2CCc3cccc(-c4cncn4CCc4ccc(F)cc4)c3C2)s1.Fc1ccc(CCn2cncc2-c2cccc3c2CNCC3)cc1. The van der Waals surface area contributed by atoms with Crippen LogP contribution in [0.3, 0.4) is 0 Å². The maximum Gasteiger partial charge on any atom is 0.254 e. The highest BCUT2D eigenvalue weighted by atomic mass is 32.2. The number of hydrogen-bond donors (Lipinski definition) is 2. The fourth-order valence-electron chi connectivity index (χ4n) is 7.72. The number of benzene rings is 4. The molecule has 0 saturated carbocycles. The van der Waals surface area contributed by atoms with Crippen LogP contribution in [0.4, 0.5) is 13.9 Å². The van der Waals surface area contributed by atoms with Crippen LogP contribution in [0, 0.1) is 11.6 Å². The number of carbonyl (C=O) groups excluding carboxylic acids is 1. The molecule has 3 aromatic heterocycles. The molecule has 7 aromatic rings. The number of fused-ring (bicyclic) bond motifs is 2. The first kappa shape index (κ1) is 40.9. The predicted molar refractivity (Wildman–Crippen MR) is 229 cm³/mol. The Kier molecular flexibility index (Phi) is 12.4. The molecule has 0 bridgehead atoms. The minimum Gasteiger partial charge on any atom is -0.330 e. The van der Waals surface area contributed by atoms with Crippen LogP contribution in [-0.4, -0.2) is 55.8 Å². The van der Waals surface area contributed by atoms with Gasteiger partial charge in [-0.15, -0.1) is 0 Å². The number of amides is 1. The first-order valence-corrected chi connectivity index (χ1v) is 22.0. The van der Waals surface area contributed by atoms with E-state index in [1.54, 1.807) is 24.7 Å². The van der Waals surface area contributed by atoms with E-state index in [-0.39, 0.29) is 33.4 Å². The lowest BCUT2D eigenvalue weighted by Gasteiger charge is -2.29. The van der Waals surface area contributed by atoms with Crippen molar-refractivity contribution < 1.29 is 22.0 Å². The van der Waals surface area contributed by atoms with Crippen LogP contribution in [0.15, 0.2) is 120 Å². The summed E-state index contributed by atoms with van der Waals surface area (Å²) >= 11 is 0.943. The average Bonchev–Trinajstić information content (AvgIpc) is 4.05. The van der Waals surface area contributed by atoms with Gasteiger partial charge in [-0.3, -0.25) is 4.79 Å². The molecule has 308 valence electrons. The van der Waals surface area contributed by atoms with E-state index in [1.165, 1.54) is 58.4 Å². The van der Waals surface area contributed by atoms with Crippen molar-refractivity contribution in [3.05, 3.63) is 161 Å². The maximum absolute atomic E-state index is 13.4. The zero-order valence-corrected chi connectivity index (χ0v) is 34.7. The van der Waals surface area contributed by atoms with Gasteiger partial charge in [0.25, 0.3) is 10.0 Å². The molecule has 4 aromatic carbocycles. The van der Waals surface area contributed by atoms with Crippen molar-refractivity contribution in [1.82, 2.24) is 33.7 Å². The quantitative estimate of drug-likeness (QED) is 0.137. The first-order valence-electron chi connectivity index (χ1n) is 19.8. The van der Waals surface area contributed by atoms with Gasteiger partial charge in [0.2, 0.25) is 5.91 Å². The second-order valence-corrected chi connectivity index (χ2v) is 18.0. The fourth-order valence-corrected chi connectivity index (χ4v) is 10.4. The van der Waals surface area contributed by atoms with Crippen LogP contribution in [0.5, 0.6) is 0 Å². The van der Waals surface area contributed by atoms with Gasteiger partial charge in [0.1, 0.15) is 11.6 Å². The van der Waals surface area contributed by atoms with E-state index in [1.807, 2.05) is 47.4 Å².